The molecule has 0 heterocycles. The maximum atomic E-state index is 12.5. The Kier molecular flexibility index (Phi) is 5.40. The number of carbonyl (C=O) groups excluding carboxylic acids is 2. The predicted molar refractivity (Wildman–Crippen MR) is 94.0 cm³/mol. The average Bonchev–Trinajstić information content (AvgIpc) is 2.52. The van der Waals surface area contributed by atoms with Crippen molar-refractivity contribution < 1.29 is 9.59 Å². The molecule has 0 aliphatic carbocycles. The van der Waals surface area contributed by atoms with E-state index in [1.807, 2.05) is 38.1 Å². The van der Waals surface area contributed by atoms with Crippen molar-refractivity contribution >= 4 is 34.8 Å². The Morgan fingerprint density at radius 1 is 1.13 bits per heavy atom. The second-order valence-electron chi connectivity index (χ2n) is 5.25. The van der Waals surface area contributed by atoms with Crippen molar-refractivity contribution in [1.82, 2.24) is 0 Å². The maximum absolute atomic E-state index is 12.5. The van der Waals surface area contributed by atoms with E-state index in [0.717, 1.165) is 11.1 Å². The summed E-state index contributed by atoms with van der Waals surface area (Å²) < 4.78 is 0. The Labute approximate surface area is 141 Å². The van der Waals surface area contributed by atoms with Gasteiger partial charge in [0.1, 0.15) is 0 Å². The number of anilines is 2. The second-order valence-corrected chi connectivity index (χ2v) is 5.66. The van der Waals surface area contributed by atoms with E-state index in [4.69, 9.17) is 11.6 Å². The van der Waals surface area contributed by atoms with Crippen LogP contribution < -0.4 is 10.2 Å². The fourth-order valence-electron chi connectivity index (χ4n) is 2.28. The molecule has 0 unspecified atom stereocenters. The highest BCUT2D eigenvalue weighted by atomic mass is 35.5. The van der Waals surface area contributed by atoms with Gasteiger partial charge in [-0.3, -0.25) is 9.59 Å². The van der Waals surface area contributed by atoms with Crippen molar-refractivity contribution in [3.8, 4) is 0 Å². The van der Waals surface area contributed by atoms with Gasteiger partial charge in [0.05, 0.1) is 0 Å². The molecule has 0 aromatic heterocycles. The molecule has 0 bridgehead atoms. The van der Waals surface area contributed by atoms with Gasteiger partial charge in [0, 0.05) is 22.9 Å². The molecular weight excluding hydrogens is 312 g/mol. The van der Waals surface area contributed by atoms with E-state index in [0.29, 0.717) is 22.9 Å². The summed E-state index contributed by atoms with van der Waals surface area (Å²) in [5.41, 5.74) is 3.00. The van der Waals surface area contributed by atoms with Crippen molar-refractivity contribution in [2.24, 2.45) is 0 Å². The number of benzene rings is 2. The Morgan fingerprint density at radius 3 is 2.48 bits per heavy atom. The van der Waals surface area contributed by atoms with Gasteiger partial charge < -0.3 is 10.2 Å². The number of nitrogens with zero attached hydrogens (tertiary/aromatic N) is 1. The van der Waals surface area contributed by atoms with Crippen LogP contribution in [0.2, 0.25) is 5.02 Å². The lowest BCUT2D eigenvalue weighted by Gasteiger charge is -2.21. The first-order valence-electron chi connectivity index (χ1n) is 7.38. The third kappa shape index (κ3) is 3.90. The molecule has 2 amide bonds. The zero-order chi connectivity index (χ0) is 17.0. The van der Waals surface area contributed by atoms with Gasteiger partial charge in [0.2, 0.25) is 0 Å². The molecule has 0 aliphatic rings. The number of halogens is 1. The van der Waals surface area contributed by atoms with Crippen molar-refractivity contribution in [2.75, 3.05) is 16.8 Å². The quantitative estimate of drug-likeness (QED) is 0.866. The van der Waals surface area contributed by atoms with E-state index < -0.39 is 11.8 Å². The van der Waals surface area contributed by atoms with Crippen LogP contribution >= 0.6 is 11.6 Å². The van der Waals surface area contributed by atoms with Gasteiger partial charge in [0.25, 0.3) is 0 Å². The van der Waals surface area contributed by atoms with E-state index in [1.54, 1.807) is 25.1 Å². The van der Waals surface area contributed by atoms with Crippen LogP contribution in [0.1, 0.15) is 18.1 Å². The molecule has 2 rings (SSSR count). The minimum atomic E-state index is -0.682. The molecule has 0 spiro atoms. The molecule has 0 atom stereocenters. The lowest BCUT2D eigenvalue weighted by Crippen LogP contribution is -2.39. The van der Waals surface area contributed by atoms with Crippen LogP contribution in [-0.2, 0) is 9.59 Å². The molecule has 120 valence electrons. The third-order valence-corrected chi connectivity index (χ3v) is 3.99. The van der Waals surface area contributed by atoms with Crippen LogP contribution in [0.25, 0.3) is 0 Å². The van der Waals surface area contributed by atoms with E-state index >= 15 is 0 Å². The smallest absolute Gasteiger partial charge is 0.316 e. The van der Waals surface area contributed by atoms with E-state index in [1.165, 1.54) is 4.90 Å². The molecular formula is C18H19ClN2O2. The van der Waals surface area contributed by atoms with Gasteiger partial charge in [-0.25, -0.2) is 0 Å². The molecule has 0 fully saturated rings. The minimum absolute atomic E-state index is 0.407. The SMILES string of the molecule is CCN(C(=O)C(=O)Nc1cccc(Cl)c1C)c1cccc(C)c1. The molecule has 0 aliphatic heterocycles. The van der Waals surface area contributed by atoms with E-state index in [2.05, 4.69) is 5.32 Å². The topological polar surface area (TPSA) is 49.4 Å². The van der Waals surface area contributed by atoms with Crippen LogP contribution in [0.5, 0.6) is 0 Å². The number of amides is 2. The van der Waals surface area contributed by atoms with Gasteiger partial charge in [-0.15, -0.1) is 0 Å². The second kappa shape index (κ2) is 7.29. The fraction of sp³-hybridized carbons (Fsp3) is 0.222. The van der Waals surface area contributed by atoms with Gasteiger partial charge in [0.15, 0.2) is 0 Å². The van der Waals surface area contributed by atoms with Gasteiger partial charge in [-0.05, 0) is 56.2 Å². The van der Waals surface area contributed by atoms with Crippen LogP contribution in [0.15, 0.2) is 42.5 Å². The molecule has 0 saturated carbocycles. The van der Waals surface area contributed by atoms with Crippen LogP contribution in [0, 0.1) is 13.8 Å². The number of carbonyl (C=O) groups is 2. The van der Waals surface area contributed by atoms with Crippen LogP contribution in [-0.4, -0.2) is 18.4 Å². The van der Waals surface area contributed by atoms with Crippen LogP contribution in [0.3, 0.4) is 0 Å². The highest BCUT2D eigenvalue weighted by Crippen LogP contribution is 2.23. The summed E-state index contributed by atoms with van der Waals surface area (Å²) >= 11 is 6.03. The molecule has 5 heteroatoms. The van der Waals surface area contributed by atoms with E-state index in [-0.39, 0.29) is 0 Å². The molecule has 23 heavy (non-hydrogen) atoms. The molecule has 0 radical (unpaired) electrons. The fourth-order valence-corrected chi connectivity index (χ4v) is 2.46. The minimum Gasteiger partial charge on any atom is -0.317 e. The molecule has 0 saturated heterocycles. The average molecular weight is 331 g/mol. The van der Waals surface area contributed by atoms with Crippen molar-refractivity contribution in [3.63, 3.8) is 0 Å². The number of nitrogens with one attached hydrogen (secondary N) is 1. The summed E-state index contributed by atoms with van der Waals surface area (Å²) in [5.74, 6) is -1.28. The number of hydrogen-bond acceptors (Lipinski definition) is 2. The number of rotatable bonds is 3. The third-order valence-electron chi connectivity index (χ3n) is 3.58. The highest BCUT2D eigenvalue weighted by molar-refractivity contribution is 6.44. The standard InChI is InChI=1S/C18H19ClN2O2/c1-4-21(14-8-5-7-12(2)11-14)18(23)17(22)20-16-10-6-9-15(19)13(16)3/h5-11H,4H2,1-3H3,(H,20,22). The Morgan fingerprint density at radius 2 is 1.83 bits per heavy atom. The first-order valence-corrected chi connectivity index (χ1v) is 7.76. The Hall–Kier alpha value is -2.33. The van der Waals surface area contributed by atoms with E-state index in [9.17, 15) is 9.59 Å². The normalized spacial score (nSPS) is 10.3. The van der Waals surface area contributed by atoms with Gasteiger partial charge >= 0.3 is 11.8 Å². The first kappa shape index (κ1) is 17.0. The highest BCUT2D eigenvalue weighted by Gasteiger charge is 2.22. The monoisotopic (exact) mass is 330 g/mol. The van der Waals surface area contributed by atoms with Crippen LogP contribution in [0.4, 0.5) is 11.4 Å². The molecule has 1 N–H and O–H groups in total. The Balaban J connectivity index is 2.21. The lowest BCUT2D eigenvalue weighted by atomic mass is 10.2. The largest absolute Gasteiger partial charge is 0.317 e. The van der Waals surface area contributed by atoms with Crippen molar-refractivity contribution in [1.29, 1.82) is 0 Å². The summed E-state index contributed by atoms with van der Waals surface area (Å²) in [6, 6.07) is 12.7. The van der Waals surface area contributed by atoms with Gasteiger partial charge in [-0.2, -0.15) is 0 Å². The van der Waals surface area contributed by atoms with Crippen molar-refractivity contribution in [3.05, 3.63) is 58.6 Å². The summed E-state index contributed by atoms with van der Waals surface area (Å²) in [6.07, 6.45) is 0. The zero-order valence-corrected chi connectivity index (χ0v) is 14.1. The molecule has 2 aromatic rings. The summed E-state index contributed by atoms with van der Waals surface area (Å²) in [4.78, 5) is 26.2. The summed E-state index contributed by atoms with van der Waals surface area (Å²) in [7, 11) is 0. The Bertz CT molecular complexity index is 744. The van der Waals surface area contributed by atoms with Crippen molar-refractivity contribution in [2.45, 2.75) is 20.8 Å². The van der Waals surface area contributed by atoms with Gasteiger partial charge in [-0.1, -0.05) is 29.8 Å². The molecule has 2 aromatic carbocycles. The molecule has 4 nitrogen and oxygen atoms in total. The maximum Gasteiger partial charge on any atom is 0.316 e. The predicted octanol–water partition coefficient (Wildman–Crippen LogP) is 3.95. The summed E-state index contributed by atoms with van der Waals surface area (Å²) in [6.45, 7) is 5.97. The summed E-state index contributed by atoms with van der Waals surface area (Å²) in [5, 5.41) is 3.18. The lowest BCUT2D eigenvalue weighted by molar-refractivity contribution is -0.134. The number of aryl methyl sites for hydroxylation is 1. The first-order chi connectivity index (χ1) is 10.9. The number of hydrogen-bond donors (Lipinski definition) is 1. The zero-order valence-electron chi connectivity index (χ0n) is 13.4. The number of likely N-dealkylation sites (N-methyl/N-ethyl adjacent to an activating group) is 1.